The van der Waals surface area contributed by atoms with Gasteiger partial charge in [0.25, 0.3) is 15.0 Å². The molecule has 2 atom stereocenters. The van der Waals surface area contributed by atoms with E-state index in [0.29, 0.717) is 5.75 Å². The lowest BCUT2D eigenvalue weighted by atomic mass is 10.3. The summed E-state index contributed by atoms with van der Waals surface area (Å²) in [4.78, 5) is 12.2. The van der Waals surface area contributed by atoms with Crippen molar-refractivity contribution in [2.24, 2.45) is 0 Å². The number of aromatic nitrogens is 1. The number of carbonyl (C=O) groups is 1. The minimum absolute atomic E-state index is 0.0760. The first-order valence-electron chi connectivity index (χ1n) is 6.46. The minimum Gasteiger partial charge on any atom is -0.347 e. The van der Waals surface area contributed by atoms with E-state index in [4.69, 9.17) is 10.7 Å². The number of amides is 1. The Morgan fingerprint density at radius 3 is 2.67 bits per heavy atom. The first-order valence-corrected chi connectivity index (χ1v) is 10.5. The molecule has 1 aromatic heterocycles. The molecule has 0 spiro atoms. The minimum atomic E-state index is -3.87. The maximum absolute atomic E-state index is 12.3. The van der Waals surface area contributed by atoms with E-state index in [0.717, 1.165) is 12.8 Å². The van der Waals surface area contributed by atoms with Gasteiger partial charge in [-0.25, -0.2) is 8.42 Å². The van der Waals surface area contributed by atoms with Crippen LogP contribution in [0.4, 0.5) is 0 Å². The summed E-state index contributed by atoms with van der Waals surface area (Å²) in [6.07, 6.45) is 4.78. The van der Waals surface area contributed by atoms with Crippen molar-refractivity contribution in [3.63, 3.8) is 0 Å². The number of nitrogens with zero attached hydrogens (tertiary/aromatic N) is 1. The molecule has 0 aromatic carbocycles. The molecule has 0 radical (unpaired) electrons. The molecule has 0 bridgehead atoms. The summed E-state index contributed by atoms with van der Waals surface area (Å²) in [5, 5.41) is 2.72. The number of carbonyl (C=O) groups excluding carboxylic acids is 1. The van der Waals surface area contributed by atoms with E-state index in [1.54, 1.807) is 17.7 Å². The molecule has 6 nitrogen and oxygen atoms in total. The van der Waals surface area contributed by atoms with Crippen molar-refractivity contribution < 1.29 is 17.4 Å². The van der Waals surface area contributed by atoms with E-state index in [1.165, 1.54) is 12.3 Å². The highest BCUT2D eigenvalue weighted by molar-refractivity contribution is 8.13. The van der Waals surface area contributed by atoms with E-state index in [-0.39, 0.29) is 28.6 Å². The lowest BCUT2D eigenvalue weighted by molar-refractivity contribution is 0.0934. The topological polar surface area (TPSA) is 85.2 Å². The van der Waals surface area contributed by atoms with Crippen molar-refractivity contribution in [3.8, 4) is 0 Å². The number of hydrogen-bond donors (Lipinski definition) is 1. The third-order valence-electron chi connectivity index (χ3n) is 3.14. The molecule has 1 saturated carbocycles. The first-order chi connectivity index (χ1) is 9.68. The normalized spacial score (nSPS) is 18.2. The first kappa shape index (κ1) is 16.5. The van der Waals surface area contributed by atoms with E-state index >= 15 is 0 Å². The van der Waals surface area contributed by atoms with Crippen LogP contribution in [0.25, 0.3) is 0 Å². The highest BCUT2D eigenvalue weighted by atomic mass is 35.7. The molecule has 1 aliphatic rings. The molecule has 1 N–H and O–H groups in total. The van der Waals surface area contributed by atoms with Gasteiger partial charge in [0, 0.05) is 51.8 Å². The van der Waals surface area contributed by atoms with Crippen LogP contribution in [-0.2, 0) is 19.9 Å². The third kappa shape index (κ3) is 4.31. The van der Waals surface area contributed by atoms with Crippen LogP contribution in [0.15, 0.2) is 17.2 Å². The van der Waals surface area contributed by atoms with Gasteiger partial charge in [-0.05, 0) is 25.8 Å². The average molecular weight is 353 g/mol. The smallest absolute Gasteiger partial charge is 0.268 e. The number of halogens is 1. The van der Waals surface area contributed by atoms with Gasteiger partial charge in [-0.3, -0.25) is 9.00 Å². The Hall–Kier alpha value is -0.860. The predicted molar refractivity (Wildman–Crippen MR) is 81.6 cm³/mol. The molecular formula is C12H17ClN2O4S2. The maximum Gasteiger partial charge on any atom is 0.268 e. The average Bonchev–Trinajstić information content (AvgIpc) is 3.04. The van der Waals surface area contributed by atoms with Gasteiger partial charge < -0.3 is 9.88 Å². The molecule has 0 saturated heterocycles. The van der Waals surface area contributed by atoms with E-state index in [1.807, 2.05) is 0 Å². The Morgan fingerprint density at radius 1 is 1.57 bits per heavy atom. The summed E-state index contributed by atoms with van der Waals surface area (Å²) >= 11 is 0. The molecular weight excluding hydrogens is 336 g/mol. The fraction of sp³-hybridized carbons (Fsp3) is 0.583. The lowest BCUT2D eigenvalue weighted by Gasteiger charge is -2.13. The van der Waals surface area contributed by atoms with Gasteiger partial charge in [-0.1, -0.05) is 0 Å². The molecule has 1 aromatic rings. The predicted octanol–water partition coefficient (Wildman–Crippen LogP) is 1.25. The van der Waals surface area contributed by atoms with Crippen LogP contribution in [0.2, 0.25) is 0 Å². The quantitative estimate of drug-likeness (QED) is 0.781. The van der Waals surface area contributed by atoms with Crippen molar-refractivity contribution in [2.75, 3.05) is 12.0 Å². The van der Waals surface area contributed by atoms with Gasteiger partial charge in [-0.2, -0.15) is 0 Å². The molecule has 2 rings (SSSR count). The van der Waals surface area contributed by atoms with Crippen LogP contribution in [0.1, 0.15) is 36.3 Å². The number of rotatable bonds is 6. The molecule has 0 aliphatic heterocycles. The van der Waals surface area contributed by atoms with Gasteiger partial charge >= 0.3 is 0 Å². The molecule has 1 amide bonds. The highest BCUT2D eigenvalue weighted by Gasteiger charge is 2.30. The van der Waals surface area contributed by atoms with Crippen LogP contribution in [0.5, 0.6) is 0 Å². The molecule has 118 valence electrons. The third-order valence-corrected chi connectivity index (χ3v) is 5.43. The zero-order valence-electron chi connectivity index (χ0n) is 11.7. The summed E-state index contributed by atoms with van der Waals surface area (Å²) < 4.78 is 35.6. The van der Waals surface area contributed by atoms with Gasteiger partial charge in [0.05, 0.1) is 0 Å². The standard InChI is InChI=1S/C12H17ClN2O4S2/c1-8(7-20(2)17)14-12(16)11-5-10(21(13,18)19)6-15(11)9-3-4-9/h5-6,8-9H,3-4,7H2,1-2H3,(H,14,16). The van der Waals surface area contributed by atoms with E-state index in [2.05, 4.69) is 5.32 Å². The van der Waals surface area contributed by atoms with Crippen molar-refractivity contribution in [1.82, 2.24) is 9.88 Å². The van der Waals surface area contributed by atoms with Gasteiger partial charge in [-0.15, -0.1) is 0 Å². The zero-order valence-corrected chi connectivity index (χ0v) is 14.1. The monoisotopic (exact) mass is 352 g/mol. The Balaban J connectivity index is 2.23. The van der Waals surface area contributed by atoms with Gasteiger partial charge in [0.2, 0.25) is 0 Å². The van der Waals surface area contributed by atoms with Crippen molar-refractivity contribution in [3.05, 3.63) is 18.0 Å². The summed E-state index contributed by atoms with van der Waals surface area (Å²) in [5.74, 6) is -0.0392. The molecule has 1 aliphatic carbocycles. The number of nitrogens with one attached hydrogen (secondary N) is 1. The highest BCUT2D eigenvalue weighted by Crippen LogP contribution is 2.37. The summed E-state index contributed by atoms with van der Waals surface area (Å²) in [7, 11) is 0.449. The van der Waals surface area contributed by atoms with Crippen molar-refractivity contribution in [1.29, 1.82) is 0 Å². The fourth-order valence-electron chi connectivity index (χ4n) is 2.12. The second-order valence-corrected chi connectivity index (χ2v) is 9.30. The summed E-state index contributed by atoms with van der Waals surface area (Å²) in [5.41, 5.74) is 0.269. The maximum atomic E-state index is 12.3. The lowest BCUT2D eigenvalue weighted by Crippen LogP contribution is -2.37. The molecule has 9 heteroatoms. The second-order valence-electron chi connectivity index (χ2n) is 5.25. The molecule has 1 heterocycles. The van der Waals surface area contributed by atoms with E-state index in [9.17, 15) is 17.4 Å². The largest absolute Gasteiger partial charge is 0.347 e. The molecule has 1 fully saturated rings. The SMILES string of the molecule is CC(CS(C)=O)NC(=O)c1cc(S(=O)(=O)Cl)cn1C1CC1. The van der Waals surface area contributed by atoms with Crippen LogP contribution in [-0.4, -0.2) is 41.2 Å². The Kier molecular flexibility index (Phi) is 4.79. The fourth-order valence-corrected chi connectivity index (χ4v) is 3.65. The van der Waals surface area contributed by atoms with Crippen molar-refractivity contribution in [2.45, 2.75) is 36.7 Å². The Morgan fingerprint density at radius 2 is 2.19 bits per heavy atom. The Bertz CT molecular complexity index is 679. The van der Waals surface area contributed by atoms with Crippen LogP contribution < -0.4 is 5.32 Å². The van der Waals surface area contributed by atoms with Crippen molar-refractivity contribution >= 4 is 36.4 Å². The Labute approximate surface area is 130 Å². The van der Waals surface area contributed by atoms with Gasteiger partial charge in [0.15, 0.2) is 0 Å². The van der Waals surface area contributed by atoms with Crippen LogP contribution >= 0.6 is 10.7 Å². The summed E-state index contributed by atoms with van der Waals surface area (Å²) in [6, 6.07) is 1.17. The number of hydrogen-bond acceptors (Lipinski definition) is 4. The van der Waals surface area contributed by atoms with E-state index < -0.39 is 19.9 Å². The zero-order chi connectivity index (χ0) is 15.8. The van der Waals surface area contributed by atoms with Crippen LogP contribution in [0, 0.1) is 0 Å². The molecule has 2 unspecified atom stereocenters. The molecule has 21 heavy (non-hydrogen) atoms. The summed E-state index contributed by atoms with van der Waals surface area (Å²) in [6.45, 7) is 1.75. The van der Waals surface area contributed by atoms with Crippen LogP contribution in [0.3, 0.4) is 0 Å². The second kappa shape index (κ2) is 6.10. The van der Waals surface area contributed by atoms with Gasteiger partial charge in [0.1, 0.15) is 10.6 Å².